The molecule has 2 N–H and O–H groups in total. The van der Waals surface area contributed by atoms with Gasteiger partial charge in [0.25, 0.3) is 0 Å². The van der Waals surface area contributed by atoms with Crippen LogP contribution in [0.1, 0.15) is 65.2 Å². The van der Waals surface area contributed by atoms with E-state index in [1.807, 2.05) is 0 Å². The number of aliphatic hydroxyl groups excluding tert-OH is 1. The summed E-state index contributed by atoms with van der Waals surface area (Å²) >= 11 is 0. The van der Waals surface area contributed by atoms with Crippen molar-refractivity contribution in [1.29, 1.82) is 0 Å². The van der Waals surface area contributed by atoms with E-state index in [0.717, 1.165) is 26.0 Å². The van der Waals surface area contributed by atoms with Crippen LogP contribution in [0.5, 0.6) is 0 Å². The molecule has 0 saturated heterocycles. The number of nitrogens with one attached hydrogen (secondary N) is 1. The lowest BCUT2D eigenvalue weighted by atomic mass is 10.2. The summed E-state index contributed by atoms with van der Waals surface area (Å²) in [5.41, 5.74) is 0. The van der Waals surface area contributed by atoms with Crippen LogP contribution in [0.2, 0.25) is 0 Å². The molecule has 17 heavy (non-hydrogen) atoms. The van der Waals surface area contributed by atoms with Gasteiger partial charge in [0.15, 0.2) is 0 Å². The van der Waals surface area contributed by atoms with Crippen molar-refractivity contribution < 1.29 is 9.84 Å². The first kappa shape index (κ1) is 16.9. The highest BCUT2D eigenvalue weighted by molar-refractivity contribution is 4.51. The largest absolute Gasteiger partial charge is 0.396 e. The maximum absolute atomic E-state index is 8.63. The molecule has 104 valence electrons. The van der Waals surface area contributed by atoms with E-state index in [4.69, 9.17) is 9.84 Å². The average molecular weight is 245 g/mol. The van der Waals surface area contributed by atoms with Crippen LogP contribution in [0.3, 0.4) is 0 Å². The van der Waals surface area contributed by atoms with Gasteiger partial charge in [0, 0.05) is 13.2 Å². The minimum Gasteiger partial charge on any atom is -0.396 e. The summed E-state index contributed by atoms with van der Waals surface area (Å²) in [4.78, 5) is 0. The molecule has 0 rings (SSSR count). The van der Waals surface area contributed by atoms with E-state index in [0.29, 0.717) is 6.61 Å². The van der Waals surface area contributed by atoms with E-state index in [-0.39, 0.29) is 6.23 Å². The number of unbranched alkanes of at least 4 members (excludes halogenated alkanes) is 6. The van der Waals surface area contributed by atoms with Gasteiger partial charge in [-0.3, -0.25) is 5.32 Å². The molecule has 0 spiro atoms. The van der Waals surface area contributed by atoms with Crippen molar-refractivity contribution in [3.05, 3.63) is 0 Å². The molecule has 3 heteroatoms. The lowest BCUT2D eigenvalue weighted by molar-refractivity contribution is 0.0402. The number of rotatable bonds is 13. The molecule has 0 aromatic rings. The highest BCUT2D eigenvalue weighted by Crippen LogP contribution is 2.01. The molecule has 0 aliphatic carbocycles. The molecule has 0 aromatic carbocycles. The number of hydrogen-bond acceptors (Lipinski definition) is 3. The number of aliphatic hydroxyl groups is 1. The molecule has 0 amide bonds. The summed E-state index contributed by atoms with van der Waals surface area (Å²) < 4.78 is 5.67. The van der Waals surface area contributed by atoms with Crippen molar-refractivity contribution in [3.8, 4) is 0 Å². The Morgan fingerprint density at radius 2 is 1.71 bits per heavy atom. The van der Waals surface area contributed by atoms with Crippen molar-refractivity contribution in [2.75, 3.05) is 19.8 Å². The van der Waals surface area contributed by atoms with Crippen molar-refractivity contribution in [1.82, 2.24) is 5.32 Å². The molecule has 0 heterocycles. The van der Waals surface area contributed by atoms with Gasteiger partial charge in [-0.1, -0.05) is 39.0 Å². The summed E-state index contributed by atoms with van der Waals surface area (Å²) in [6.07, 6.45) is 9.65. The Morgan fingerprint density at radius 3 is 2.41 bits per heavy atom. The third kappa shape index (κ3) is 13.8. The molecular formula is C14H31NO2. The van der Waals surface area contributed by atoms with Crippen molar-refractivity contribution in [2.24, 2.45) is 0 Å². The Bertz CT molecular complexity index is 142. The molecule has 1 unspecified atom stereocenters. The SMILES string of the molecule is CCCCCCOC(C)NCCCCCCO. The average Bonchev–Trinajstić information content (AvgIpc) is 2.33. The fourth-order valence-corrected chi connectivity index (χ4v) is 1.74. The van der Waals surface area contributed by atoms with E-state index in [1.54, 1.807) is 0 Å². The minimum atomic E-state index is 0.175. The van der Waals surface area contributed by atoms with E-state index < -0.39 is 0 Å². The fourth-order valence-electron chi connectivity index (χ4n) is 1.74. The first-order chi connectivity index (χ1) is 8.31. The number of hydrogen-bond donors (Lipinski definition) is 2. The molecule has 0 aliphatic heterocycles. The standard InChI is InChI=1S/C14H31NO2/c1-3-4-5-10-13-17-14(2)15-11-8-6-7-9-12-16/h14-16H,3-13H2,1-2H3. The van der Waals surface area contributed by atoms with Crippen LogP contribution in [0.4, 0.5) is 0 Å². The minimum absolute atomic E-state index is 0.175. The Morgan fingerprint density at radius 1 is 1.00 bits per heavy atom. The van der Waals surface area contributed by atoms with Crippen molar-refractivity contribution in [3.63, 3.8) is 0 Å². The summed E-state index contributed by atoms with van der Waals surface area (Å²) in [5, 5.41) is 12.0. The maximum Gasteiger partial charge on any atom is 0.105 e. The third-order valence-corrected chi connectivity index (χ3v) is 2.88. The zero-order chi connectivity index (χ0) is 12.8. The second-order valence-corrected chi connectivity index (χ2v) is 4.67. The molecule has 3 nitrogen and oxygen atoms in total. The van der Waals surface area contributed by atoms with Gasteiger partial charge in [0.2, 0.25) is 0 Å². The Hall–Kier alpha value is -0.120. The van der Waals surface area contributed by atoms with Gasteiger partial charge in [-0.05, 0) is 32.7 Å². The molecule has 1 atom stereocenters. The van der Waals surface area contributed by atoms with Crippen LogP contribution in [0.15, 0.2) is 0 Å². The lowest BCUT2D eigenvalue weighted by Gasteiger charge is -2.14. The van der Waals surface area contributed by atoms with E-state index in [2.05, 4.69) is 19.2 Å². The van der Waals surface area contributed by atoms with Crippen LogP contribution in [-0.2, 0) is 4.74 Å². The van der Waals surface area contributed by atoms with Crippen molar-refractivity contribution in [2.45, 2.75) is 71.4 Å². The lowest BCUT2D eigenvalue weighted by Crippen LogP contribution is -2.30. The van der Waals surface area contributed by atoms with Gasteiger partial charge >= 0.3 is 0 Å². The monoisotopic (exact) mass is 245 g/mol. The highest BCUT2D eigenvalue weighted by atomic mass is 16.5. The van der Waals surface area contributed by atoms with Gasteiger partial charge < -0.3 is 9.84 Å². The van der Waals surface area contributed by atoms with E-state index >= 15 is 0 Å². The van der Waals surface area contributed by atoms with Crippen molar-refractivity contribution >= 4 is 0 Å². The third-order valence-electron chi connectivity index (χ3n) is 2.88. The molecule has 0 bridgehead atoms. The van der Waals surface area contributed by atoms with E-state index in [1.165, 1.54) is 38.5 Å². The second-order valence-electron chi connectivity index (χ2n) is 4.67. The van der Waals surface area contributed by atoms with Crippen LogP contribution in [0, 0.1) is 0 Å². The van der Waals surface area contributed by atoms with Gasteiger partial charge in [0.1, 0.15) is 6.23 Å². The Labute approximate surface area is 107 Å². The molecule has 0 saturated carbocycles. The van der Waals surface area contributed by atoms with Gasteiger partial charge in [-0.2, -0.15) is 0 Å². The topological polar surface area (TPSA) is 41.5 Å². The van der Waals surface area contributed by atoms with Crippen LogP contribution in [-0.4, -0.2) is 31.1 Å². The van der Waals surface area contributed by atoms with Gasteiger partial charge in [-0.25, -0.2) is 0 Å². The predicted octanol–water partition coefficient (Wildman–Crippen LogP) is 3.07. The zero-order valence-corrected chi connectivity index (χ0v) is 11.7. The highest BCUT2D eigenvalue weighted by Gasteiger charge is 1.99. The van der Waals surface area contributed by atoms with E-state index in [9.17, 15) is 0 Å². The molecule has 0 fully saturated rings. The Kier molecular flexibility index (Phi) is 13.8. The summed E-state index contributed by atoms with van der Waals surface area (Å²) in [7, 11) is 0. The van der Waals surface area contributed by atoms with Crippen LogP contribution in [0.25, 0.3) is 0 Å². The smallest absolute Gasteiger partial charge is 0.105 e. The van der Waals surface area contributed by atoms with Gasteiger partial charge in [-0.15, -0.1) is 0 Å². The quantitative estimate of drug-likeness (QED) is 0.387. The van der Waals surface area contributed by atoms with Gasteiger partial charge in [0.05, 0.1) is 0 Å². The molecule has 0 aromatic heterocycles. The normalized spacial score (nSPS) is 12.9. The zero-order valence-electron chi connectivity index (χ0n) is 11.7. The number of ether oxygens (including phenoxy) is 1. The second kappa shape index (κ2) is 13.9. The molecule has 0 aliphatic rings. The summed E-state index contributed by atoms with van der Waals surface area (Å²) in [5.74, 6) is 0. The van der Waals surface area contributed by atoms with Crippen LogP contribution >= 0.6 is 0 Å². The molecule has 0 radical (unpaired) electrons. The predicted molar refractivity (Wildman–Crippen MR) is 73.1 cm³/mol. The maximum atomic E-state index is 8.63. The van der Waals surface area contributed by atoms with Crippen LogP contribution < -0.4 is 5.32 Å². The Balaban J connectivity index is 3.09. The first-order valence-electron chi connectivity index (χ1n) is 7.27. The molecular weight excluding hydrogens is 214 g/mol. The first-order valence-corrected chi connectivity index (χ1v) is 7.27. The summed E-state index contributed by atoms with van der Waals surface area (Å²) in [6, 6.07) is 0. The summed E-state index contributed by atoms with van der Waals surface area (Å²) in [6.45, 7) is 6.51. The fraction of sp³-hybridized carbons (Fsp3) is 1.00.